The van der Waals surface area contributed by atoms with Crippen LogP contribution in [0.5, 0.6) is 5.75 Å². The lowest BCUT2D eigenvalue weighted by atomic mass is 10.1. The number of rotatable bonds is 6. The lowest BCUT2D eigenvalue weighted by Crippen LogP contribution is -2.01. The van der Waals surface area contributed by atoms with Crippen molar-refractivity contribution >= 4 is 0 Å². The molecule has 0 saturated carbocycles. The van der Waals surface area contributed by atoms with E-state index in [4.69, 9.17) is 9.15 Å². The maximum absolute atomic E-state index is 5.67. The van der Waals surface area contributed by atoms with E-state index >= 15 is 0 Å². The first-order chi connectivity index (χ1) is 9.19. The lowest BCUT2D eigenvalue weighted by Gasteiger charge is -2.08. The third kappa shape index (κ3) is 3.81. The fraction of sp³-hybridized carbons (Fsp3) is 0.467. The molecule has 0 atom stereocenters. The molecule has 0 radical (unpaired) electrons. The molecule has 0 bridgehead atoms. The molecule has 0 fully saturated rings. The van der Waals surface area contributed by atoms with Crippen molar-refractivity contribution in [2.45, 2.75) is 33.6 Å². The van der Waals surface area contributed by atoms with Gasteiger partial charge < -0.3 is 9.15 Å². The number of hydrogen-bond donors (Lipinski definition) is 0. The van der Waals surface area contributed by atoms with E-state index in [2.05, 4.69) is 24.0 Å². The molecule has 0 spiro atoms. The molecule has 1 aromatic carbocycles. The van der Waals surface area contributed by atoms with Crippen LogP contribution in [0.4, 0.5) is 0 Å². The summed E-state index contributed by atoms with van der Waals surface area (Å²) in [6, 6.07) is 7.76. The SMILES string of the molecule is CCc1nnc(-c2ccc(OCCC(C)C)cc2)o1. The molecule has 4 nitrogen and oxygen atoms in total. The van der Waals surface area contributed by atoms with Crippen molar-refractivity contribution in [3.8, 4) is 17.2 Å². The quantitative estimate of drug-likeness (QED) is 0.794. The van der Waals surface area contributed by atoms with Crippen LogP contribution in [-0.2, 0) is 6.42 Å². The Labute approximate surface area is 113 Å². The summed E-state index contributed by atoms with van der Waals surface area (Å²) in [5.74, 6) is 2.75. The van der Waals surface area contributed by atoms with E-state index in [9.17, 15) is 0 Å². The third-order valence-corrected chi connectivity index (χ3v) is 2.83. The van der Waals surface area contributed by atoms with Crippen LogP contribution < -0.4 is 4.74 Å². The average molecular weight is 260 g/mol. The van der Waals surface area contributed by atoms with Gasteiger partial charge in [0.2, 0.25) is 11.8 Å². The van der Waals surface area contributed by atoms with Crippen molar-refractivity contribution in [2.75, 3.05) is 6.61 Å². The Kier molecular flexibility index (Phi) is 4.55. The number of nitrogens with zero attached hydrogens (tertiary/aromatic N) is 2. The van der Waals surface area contributed by atoms with E-state index in [1.54, 1.807) is 0 Å². The summed E-state index contributed by atoms with van der Waals surface area (Å²) in [6.07, 6.45) is 1.81. The van der Waals surface area contributed by atoms with Gasteiger partial charge in [-0.2, -0.15) is 0 Å². The van der Waals surface area contributed by atoms with Crippen LogP contribution in [-0.4, -0.2) is 16.8 Å². The Bertz CT molecular complexity index is 503. The number of aromatic nitrogens is 2. The van der Waals surface area contributed by atoms with Gasteiger partial charge in [0.25, 0.3) is 0 Å². The van der Waals surface area contributed by atoms with Crippen LogP contribution in [0.1, 0.15) is 33.1 Å². The Morgan fingerprint density at radius 1 is 1.16 bits per heavy atom. The van der Waals surface area contributed by atoms with Crippen LogP contribution in [0.2, 0.25) is 0 Å². The third-order valence-electron chi connectivity index (χ3n) is 2.83. The number of aryl methyl sites for hydroxylation is 1. The van der Waals surface area contributed by atoms with Crippen LogP contribution in [0, 0.1) is 5.92 Å². The minimum atomic E-state index is 0.561. The zero-order valence-electron chi connectivity index (χ0n) is 11.7. The Hall–Kier alpha value is -1.84. The summed E-state index contributed by atoms with van der Waals surface area (Å²) in [6.45, 7) is 7.11. The summed E-state index contributed by atoms with van der Waals surface area (Å²) in [7, 11) is 0. The molecule has 0 aliphatic rings. The van der Waals surface area contributed by atoms with Crippen LogP contribution in [0.25, 0.3) is 11.5 Å². The first kappa shape index (κ1) is 13.6. The molecule has 4 heteroatoms. The van der Waals surface area contributed by atoms with Gasteiger partial charge in [-0.1, -0.05) is 20.8 Å². The molecular formula is C15H20N2O2. The molecule has 0 aliphatic heterocycles. The van der Waals surface area contributed by atoms with Gasteiger partial charge in [-0.25, -0.2) is 0 Å². The Morgan fingerprint density at radius 2 is 1.89 bits per heavy atom. The predicted octanol–water partition coefficient (Wildman–Crippen LogP) is 3.72. The van der Waals surface area contributed by atoms with E-state index in [1.807, 2.05) is 31.2 Å². The summed E-state index contributed by atoms with van der Waals surface area (Å²) < 4.78 is 11.2. The maximum atomic E-state index is 5.67. The van der Waals surface area contributed by atoms with Crippen LogP contribution in [0.3, 0.4) is 0 Å². The van der Waals surface area contributed by atoms with E-state index in [0.29, 0.717) is 17.7 Å². The van der Waals surface area contributed by atoms with Crippen molar-refractivity contribution in [1.82, 2.24) is 10.2 Å². The second-order valence-electron chi connectivity index (χ2n) is 4.91. The highest BCUT2D eigenvalue weighted by Crippen LogP contribution is 2.21. The normalized spacial score (nSPS) is 10.9. The summed E-state index contributed by atoms with van der Waals surface area (Å²) in [4.78, 5) is 0. The van der Waals surface area contributed by atoms with Crippen molar-refractivity contribution in [2.24, 2.45) is 5.92 Å². The predicted molar refractivity (Wildman–Crippen MR) is 74.1 cm³/mol. The monoisotopic (exact) mass is 260 g/mol. The average Bonchev–Trinajstić information content (AvgIpc) is 2.88. The van der Waals surface area contributed by atoms with Gasteiger partial charge in [0.1, 0.15) is 5.75 Å². The van der Waals surface area contributed by atoms with Gasteiger partial charge in [-0.15, -0.1) is 10.2 Å². The molecule has 1 aromatic heterocycles. The van der Waals surface area contributed by atoms with Crippen LogP contribution >= 0.6 is 0 Å². The molecule has 0 N–H and O–H groups in total. The molecule has 1 heterocycles. The van der Waals surface area contributed by atoms with Gasteiger partial charge in [0.05, 0.1) is 6.61 Å². The van der Waals surface area contributed by atoms with Gasteiger partial charge >= 0.3 is 0 Å². The zero-order valence-corrected chi connectivity index (χ0v) is 11.7. The van der Waals surface area contributed by atoms with Gasteiger partial charge in [-0.05, 0) is 36.6 Å². The molecular weight excluding hydrogens is 240 g/mol. The molecule has 19 heavy (non-hydrogen) atoms. The second kappa shape index (κ2) is 6.36. The fourth-order valence-corrected chi connectivity index (χ4v) is 1.62. The fourth-order valence-electron chi connectivity index (χ4n) is 1.62. The smallest absolute Gasteiger partial charge is 0.247 e. The van der Waals surface area contributed by atoms with Gasteiger partial charge in [0.15, 0.2) is 0 Å². The van der Waals surface area contributed by atoms with E-state index in [0.717, 1.165) is 30.8 Å². The summed E-state index contributed by atoms with van der Waals surface area (Å²) in [5.41, 5.74) is 0.920. The topological polar surface area (TPSA) is 48.2 Å². The highest BCUT2D eigenvalue weighted by Gasteiger charge is 2.07. The summed E-state index contributed by atoms with van der Waals surface area (Å²) in [5, 5.41) is 7.97. The molecule has 0 saturated heterocycles. The standard InChI is InChI=1S/C15H20N2O2/c1-4-14-16-17-15(19-14)12-5-7-13(8-6-12)18-10-9-11(2)3/h5-8,11H,4,9-10H2,1-3H3. The lowest BCUT2D eigenvalue weighted by molar-refractivity contribution is 0.289. The van der Waals surface area contributed by atoms with Crippen molar-refractivity contribution < 1.29 is 9.15 Å². The van der Waals surface area contributed by atoms with E-state index in [1.165, 1.54) is 0 Å². The minimum Gasteiger partial charge on any atom is -0.494 e. The van der Waals surface area contributed by atoms with Crippen LogP contribution in [0.15, 0.2) is 28.7 Å². The first-order valence-electron chi connectivity index (χ1n) is 6.74. The highest BCUT2D eigenvalue weighted by molar-refractivity contribution is 5.53. The first-order valence-corrected chi connectivity index (χ1v) is 6.74. The molecule has 2 rings (SSSR count). The highest BCUT2D eigenvalue weighted by atomic mass is 16.5. The van der Waals surface area contributed by atoms with Gasteiger partial charge in [0, 0.05) is 12.0 Å². The zero-order chi connectivity index (χ0) is 13.7. The Morgan fingerprint density at radius 3 is 2.47 bits per heavy atom. The second-order valence-corrected chi connectivity index (χ2v) is 4.91. The van der Waals surface area contributed by atoms with Gasteiger partial charge in [-0.3, -0.25) is 0 Å². The number of benzene rings is 1. The van der Waals surface area contributed by atoms with Crippen molar-refractivity contribution in [3.63, 3.8) is 0 Å². The number of hydrogen-bond acceptors (Lipinski definition) is 4. The molecule has 0 unspecified atom stereocenters. The largest absolute Gasteiger partial charge is 0.494 e. The molecule has 0 amide bonds. The number of ether oxygens (including phenoxy) is 1. The molecule has 2 aromatic rings. The minimum absolute atomic E-state index is 0.561. The van der Waals surface area contributed by atoms with E-state index < -0.39 is 0 Å². The summed E-state index contributed by atoms with van der Waals surface area (Å²) >= 11 is 0. The van der Waals surface area contributed by atoms with E-state index in [-0.39, 0.29) is 0 Å². The Balaban J connectivity index is 1.97. The van der Waals surface area contributed by atoms with Crippen molar-refractivity contribution in [1.29, 1.82) is 0 Å². The maximum Gasteiger partial charge on any atom is 0.247 e. The van der Waals surface area contributed by atoms with Crippen molar-refractivity contribution in [3.05, 3.63) is 30.2 Å². The molecule has 102 valence electrons. The molecule has 0 aliphatic carbocycles.